The average Bonchev–Trinajstić information content (AvgIpc) is 2.48. The number of ether oxygens (including phenoxy) is 1. The molecule has 0 aliphatic carbocycles. The maximum atomic E-state index is 12.1. The summed E-state index contributed by atoms with van der Waals surface area (Å²) in [5.41, 5.74) is 0.643. The van der Waals surface area contributed by atoms with E-state index in [9.17, 15) is 14.4 Å². The van der Waals surface area contributed by atoms with Crippen LogP contribution in [0.1, 0.15) is 49.7 Å². The predicted molar refractivity (Wildman–Crippen MR) is 99.7 cm³/mol. The third-order valence-electron chi connectivity index (χ3n) is 3.09. The normalized spacial score (nSPS) is 12.2. The fourth-order valence-corrected chi connectivity index (χ4v) is 2.70. The lowest BCUT2D eigenvalue weighted by molar-refractivity contribution is -0.109. The first-order valence-corrected chi connectivity index (χ1v) is 8.92. The Kier molecular flexibility index (Phi) is 7.48. The highest BCUT2D eigenvalue weighted by molar-refractivity contribution is 8.13. The smallest absolute Gasteiger partial charge is 0.408 e. The summed E-state index contributed by atoms with van der Waals surface area (Å²) in [6.07, 6.45) is -0.564. The summed E-state index contributed by atoms with van der Waals surface area (Å²) in [5, 5.41) is 2.74. The second-order valence-electron chi connectivity index (χ2n) is 6.83. The van der Waals surface area contributed by atoms with Crippen LogP contribution in [0.25, 0.3) is 0 Å². The minimum Gasteiger partial charge on any atom is -0.444 e. The number of amides is 2. The molecule has 6 nitrogen and oxygen atoms in total. The summed E-state index contributed by atoms with van der Waals surface area (Å²) in [6, 6.07) is 6.57. The van der Waals surface area contributed by atoms with E-state index in [1.54, 1.807) is 53.1 Å². The number of nitrogens with one attached hydrogen (secondary N) is 1. The lowest BCUT2D eigenvalue weighted by Gasteiger charge is -2.24. The number of carbonyl (C=O) groups is 3. The quantitative estimate of drug-likeness (QED) is 0.866. The van der Waals surface area contributed by atoms with Gasteiger partial charge in [0.25, 0.3) is 5.91 Å². The summed E-state index contributed by atoms with van der Waals surface area (Å²) in [4.78, 5) is 37.1. The number of thioether (sulfide) groups is 1. The van der Waals surface area contributed by atoms with Crippen LogP contribution in [0.2, 0.25) is 0 Å². The third-order valence-corrected chi connectivity index (χ3v) is 3.99. The van der Waals surface area contributed by atoms with Crippen molar-refractivity contribution in [3.05, 3.63) is 35.4 Å². The van der Waals surface area contributed by atoms with Gasteiger partial charge in [0.05, 0.1) is 6.04 Å². The molecule has 7 heteroatoms. The van der Waals surface area contributed by atoms with Gasteiger partial charge in [-0.05, 0) is 38.5 Å². The molecule has 2 amide bonds. The van der Waals surface area contributed by atoms with Crippen molar-refractivity contribution in [1.29, 1.82) is 0 Å². The van der Waals surface area contributed by atoms with Crippen LogP contribution in [-0.2, 0) is 9.53 Å². The molecule has 0 heterocycles. The van der Waals surface area contributed by atoms with Crippen molar-refractivity contribution in [2.75, 3.05) is 19.8 Å². The molecule has 1 aromatic carbocycles. The molecule has 138 valence electrons. The molecule has 0 aliphatic heterocycles. The molecule has 25 heavy (non-hydrogen) atoms. The Morgan fingerprint density at radius 2 is 1.88 bits per heavy atom. The molecule has 1 atom stereocenters. The standard InChI is InChI=1S/C18H26N2O4S/c1-12(21)25-11-15(19-17(23)24-18(2,3)4)13-8-7-9-14(10-13)16(22)20(5)6/h7-10,15H,11H2,1-6H3,(H,19,23). The fourth-order valence-electron chi connectivity index (χ4n) is 2.02. The summed E-state index contributed by atoms with van der Waals surface area (Å²) in [7, 11) is 3.36. The maximum Gasteiger partial charge on any atom is 0.408 e. The van der Waals surface area contributed by atoms with Gasteiger partial charge in [-0.25, -0.2) is 4.79 Å². The van der Waals surface area contributed by atoms with E-state index in [2.05, 4.69) is 5.32 Å². The van der Waals surface area contributed by atoms with E-state index >= 15 is 0 Å². The van der Waals surface area contributed by atoms with Gasteiger partial charge in [0.1, 0.15) is 5.60 Å². The Morgan fingerprint density at radius 3 is 2.40 bits per heavy atom. The van der Waals surface area contributed by atoms with Gasteiger partial charge in [0.15, 0.2) is 5.12 Å². The van der Waals surface area contributed by atoms with Crippen LogP contribution in [0, 0.1) is 0 Å². The Labute approximate surface area is 153 Å². The molecule has 0 radical (unpaired) electrons. The van der Waals surface area contributed by atoms with Gasteiger partial charge in [0, 0.05) is 32.3 Å². The monoisotopic (exact) mass is 366 g/mol. The molecule has 1 aromatic rings. The minimum atomic E-state index is -0.620. The maximum absolute atomic E-state index is 12.1. The number of hydrogen-bond donors (Lipinski definition) is 1. The molecule has 0 saturated carbocycles. The van der Waals surface area contributed by atoms with Crippen LogP contribution in [-0.4, -0.2) is 47.5 Å². The lowest BCUT2D eigenvalue weighted by Crippen LogP contribution is -2.36. The van der Waals surface area contributed by atoms with Gasteiger partial charge < -0.3 is 15.0 Å². The van der Waals surface area contributed by atoms with E-state index in [0.29, 0.717) is 11.3 Å². The lowest BCUT2D eigenvalue weighted by atomic mass is 10.0. The van der Waals surface area contributed by atoms with Crippen LogP contribution < -0.4 is 5.32 Å². The molecule has 1 unspecified atom stereocenters. The van der Waals surface area contributed by atoms with Crippen LogP contribution in [0.5, 0.6) is 0 Å². The summed E-state index contributed by atoms with van der Waals surface area (Å²) in [5.74, 6) is 0.228. The van der Waals surface area contributed by atoms with Gasteiger partial charge in [-0.15, -0.1) is 0 Å². The Balaban J connectivity index is 3.03. The van der Waals surface area contributed by atoms with E-state index in [0.717, 1.165) is 17.3 Å². The zero-order valence-electron chi connectivity index (χ0n) is 15.6. The first kappa shape index (κ1) is 21.0. The molecular formula is C18H26N2O4S. The average molecular weight is 366 g/mol. The molecular weight excluding hydrogens is 340 g/mol. The SMILES string of the molecule is CC(=O)SCC(NC(=O)OC(C)(C)C)c1cccc(C(=O)N(C)C)c1. The van der Waals surface area contributed by atoms with E-state index in [4.69, 9.17) is 4.74 Å². The predicted octanol–water partition coefficient (Wildman–Crippen LogP) is 3.23. The summed E-state index contributed by atoms with van der Waals surface area (Å²) < 4.78 is 5.29. The molecule has 0 spiro atoms. The molecule has 0 aliphatic rings. The topological polar surface area (TPSA) is 75.7 Å². The Hall–Kier alpha value is -2.02. The van der Waals surface area contributed by atoms with E-state index in [1.165, 1.54) is 11.8 Å². The van der Waals surface area contributed by atoms with Gasteiger partial charge in [-0.3, -0.25) is 9.59 Å². The highest BCUT2D eigenvalue weighted by atomic mass is 32.2. The zero-order chi connectivity index (χ0) is 19.2. The number of alkyl carbamates (subject to hydrolysis) is 1. The second-order valence-corrected chi connectivity index (χ2v) is 8.02. The van der Waals surface area contributed by atoms with E-state index < -0.39 is 17.7 Å². The van der Waals surface area contributed by atoms with E-state index in [1.807, 2.05) is 6.07 Å². The summed E-state index contributed by atoms with van der Waals surface area (Å²) in [6.45, 7) is 6.81. The molecule has 0 aromatic heterocycles. The second kappa shape index (κ2) is 8.89. The number of nitrogens with zero attached hydrogens (tertiary/aromatic N) is 1. The first-order valence-electron chi connectivity index (χ1n) is 7.94. The van der Waals surface area contributed by atoms with Gasteiger partial charge >= 0.3 is 6.09 Å². The Morgan fingerprint density at radius 1 is 1.24 bits per heavy atom. The molecule has 1 N–H and O–H groups in total. The fraction of sp³-hybridized carbons (Fsp3) is 0.500. The van der Waals surface area contributed by atoms with Gasteiger partial charge in [-0.2, -0.15) is 0 Å². The minimum absolute atomic E-state index is 0.0449. The van der Waals surface area contributed by atoms with Crippen molar-refractivity contribution in [2.45, 2.75) is 39.3 Å². The first-order chi connectivity index (χ1) is 11.5. The molecule has 1 rings (SSSR count). The molecule has 0 saturated heterocycles. The zero-order valence-corrected chi connectivity index (χ0v) is 16.4. The largest absolute Gasteiger partial charge is 0.444 e. The number of rotatable bonds is 5. The van der Waals surface area contributed by atoms with E-state index in [-0.39, 0.29) is 11.0 Å². The summed E-state index contributed by atoms with van der Waals surface area (Å²) >= 11 is 1.11. The van der Waals surface area contributed by atoms with Crippen LogP contribution >= 0.6 is 11.8 Å². The number of benzene rings is 1. The van der Waals surface area contributed by atoms with Crippen molar-refractivity contribution in [3.8, 4) is 0 Å². The van der Waals surface area contributed by atoms with Crippen molar-refractivity contribution >= 4 is 28.9 Å². The van der Waals surface area contributed by atoms with Crippen LogP contribution in [0.3, 0.4) is 0 Å². The van der Waals surface area contributed by atoms with Crippen molar-refractivity contribution < 1.29 is 19.1 Å². The van der Waals surface area contributed by atoms with Crippen LogP contribution in [0.4, 0.5) is 4.79 Å². The van der Waals surface area contributed by atoms with Gasteiger partial charge in [-0.1, -0.05) is 23.9 Å². The van der Waals surface area contributed by atoms with Crippen molar-refractivity contribution in [1.82, 2.24) is 10.2 Å². The highest BCUT2D eigenvalue weighted by Gasteiger charge is 2.22. The van der Waals surface area contributed by atoms with Gasteiger partial charge in [0.2, 0.25) is 0 Å². The number of hydrogen-bond acceptors (Lipinski definition) is 5. The third kappa shape index (κ3) is 7.60. The molecule has 0 bridgehead atoms. The molecule has 0 fully saturated rings. The highest BCUT2D eigenvalue weighted by Crippen LogP contribution is 2.21. The Bertz CT molecular complexity index is 638. The van der Waals surface area contributed by atoms with Crippen molar-refractivity contribution in [2.24, 2.45) is 0 Å². The van der Waals surface area contributed by atoms with Crippen LogP contribution in [0.15, 0.2) is 24.3 Å². The van der Waals surface area contributed by atoms with Crippen molar-refractivity contribution in [3.63, 3.8) is 0 Å². The number of carbonyl (C=O) groups excluding carboxylic acids is 3.